The summed E-state index contributed by atoms with van der Waals surface area (Å²) < 4.78 is 14.1. The van der Waals surface area contributed by atoms with Gasteiger partial charge in [-0.2, -0.15) is 0 Å². The highest BCUT2D eigenvalue weighted by molar-refractivity contribution is 8.13. The lowest BCUT2D eigenvalue weighted by molar-refractivity contribution is 0.200. The molecule has 1 aliphatic heterocycles. The van der Waals surface area contributed by atoms with Gasteiger partial charge < -0.3 is 10.8 Å². The summed E-state index contributed by atoms with van der Waals surface area (Å²) >= 11 is 1.32. The van der Waals surface area contributed by atoms with E-state index in [1.54, 1.807) is 6.07 Å². The van der Waals surface area contributed by atoms with Crippen molar-refractivity contribution in [2.45, 2.75) is 25.3 Å². The number of amides is 1. The van der Waals surface area contributed by atoms with E-state index in [-0.39, 0.29) is 5.82 Å². The second-order valence-electron chi connectivity index (χ2n) is 4.57. The predicted octanol–water partition coefficient (Wildman–Crippen LogP) is 2.77. The van der Waals surface area contributed by atoms with Crippen LogP contribution in [0.25, 0.3) is 0 Å². The maximum absolute atomic E-state index is 14.1. The average Bonchev–Trinajstić information content (AvgIpc) is 2.41. The highest BCUT2D eigenvalue weighted by atomic mass is 32.2. The molecular weight excluding hydrogens is 281 g/mol. The lowest BCUT2D eigenvalue weighted by Crippen LogP contribution is -2.36. The second kappa shape index (κ2) is 5.70. The fraction of sp³-hybridized carbons (Fsp3) is 0.385. The molecule has 108 valence electrons. The molecule has 2 rings (SSSR count). The van der Waals surface area contributed by atoms with Gasteiger partial charge in [0.25, 0.3) is 0 Å². The molecule has 0 unspecified atom stereocenters. The van der Waals surface area contributed by atoms with Gasteiger partial charge in [-0.05, 0) is 31.0 Å². The Morgan fingerprint density at radius 2 is 2.40 bits per heavy atom. The Balaban J connectivity index is 2.47. The molecule has 0 saturated carbocycles. The third-order valence-electron chi connectivity index (χ3n) is 3.36. The topological polar surface area (TPSA) is 87.7 Å². The molecule has 1 aromatic rings. The first kappa shape index (κ1) is 14.6. The molecule has 4 N–H and O–H groups in total. The number of carbonyl (C=O) groups is 1. The molecule has 20 heavy (non-hydrogen) atoms. The number of nitrogens with zero attached hydrogens (tertiary/aromatic N) is 1. The van der Waals surface area contributed by atoms with Gasteiger partial charge in [0.15, 0.2) is 5.17 Å². The molecule has 5 nitrogen and oxygen atoms in total. The minimum absolute atomic E-state index is 0.299. The number of aliphatic imine (C=N–C) groups is 1. The van der Waals surface area contributed by atoms with E-state index in [0.29, 0.717) is 35.0 Å². The zero-order valence-corrected chi connectivity index (χ0v) is 11.8. The van der Waals surface area contributed by atoms with Crippen LogP contribution in [-0.4, -0.2) is 22.1 Å². The van der Waals surface area contributed by atoms with Crippen LogP contribution in [0.2, 0.25) is 0 Å². The molecule has 1 aromatic carbocycles. The van der Waals surface area contributed by atoms with Crippen LogP contribution in [0.5, 0.6) is 0 Å². The maximum Gasteiger partial charge on any atom is 0.410 e. The molecule has 1 heterocycles. The highest BCUT2D eigenvalue weighted by Crippen LogP contribution is 2.40. The first-order valence-corrected chi connectivity index (χ1v) is 7.23. The fourth-order valence-electron chi connectivity index (χ4n) is 2.30. The standard InChI is InChI=1S/C13H16FN3O2S/c1-2-13(9-7-8(15)3-4-10(9)14)5-6-20-11(17-13)16-12(18)19/h3-4,7H,2,5-6,15H2,1H3,(H,16,17)(H,18,19)/t13-/m0/s1. The van der Waals surface area contributed by atoms with Gasteiger partial charge in [-0.25, -0.2) is 9.18 Å². The van der Waals surface area contributed by atoms with E-state index in [9.17, 15) is 9.18 Å². The average molecular weight is 297 g/mol. The van der Waals surface area contributed by atoms with Crippen LogP contribution >= 0.6 is 11.8 Å². The number of carboxylic acid groups (broad SMARTS) is 1. The molecule has 0 spiro atoms. The van der Waals surface area contributed by atoms with Crippen molar-refractivity contribution in [1.29, 1.82) is 0 Å². The zero-order valence-electron chi connectivity index (χ0n) is 11.0. The summed E-state index contributed by atoms with van der Waals surface area (Å²) in [6.07, 6.45) is 0.0362. The molecule has 1 amide bonds. The summed E-state index contributed by atoms with van der Waals surface area (Å²) in [6.45, 7) is 1.90. The summed E-state index contributed by atoms with van der Waals surface area (Å²) in [7, 11) is 0. The monoisotopic (exact) mass is 297 g/mol. The molecule has 0 aliphatic carbocycles. The van der Waals surface area contributed by atoms with E-state index >= 15 is 0 Å². The molecule has 0 bridgehead atoms. The molecule has 0 fully saturated rings. The van der Waals surface area contributed by atoms with Crippen LogP contribution in [0.1, 0.15) is 25.3 Å². The van der Waals surface area contributed by atoms with Crippen LogP contribution in [-0.2, 0) is 5.54 Å². The highest BCUT2D eigenvalue weighted by Gasteiger charge is 2.36. The van der Waals surface area contributed by atoms with Crippen molar-refractivity contribution in [3.8, 4) is 0 Å². The number of nitrogens with two attached hydrogens (primary N) is 1. The Bertz CT molecular complexity index is 565. The summed E-state index contributed by atoms with van der Waals surface area (Å²) in [5.74, 6) is 0.299. The third-order valence-corrected chi connectivity index (χ3v) is 4.24. The summed E-state index contributed by atoms with van der Waals surface area (Å²) in [6, 6.07) is 4.40. The predicted molar refractivity (Wildman–Crippen MR) is 78.5 cm³/mol. The lowest BCUT2D eigenvalue weighted by Gasteiger charge is -2.33. The normalized spacial score (nSPS) is 22.2. The number of thioether (sulfide) groups is 1. The van der Waals surface area contributed by atoms with Crippen LogP contribution in [0.3, 0.4) is 0 Å². The Morgan fingerprint density at radius 3 is 3.05 bits per heavy atom. The summed E-state index contributed by atoms with van der Waals surface area (Å²) in [5, 5.41) is 11.3. The van der Waals surface area contributed by atoms with Crippen molar-refractivity contribution < 1.29 is 14.3 Å². The number of nitrogen functional groups attached to an aromatic ring is 1. The van der Waals surface area contributed by atoms with E-state index in [1.807, 2.05) is 6.92 Å². The SMILES string of the molecule is CC[C@@]1(c2cc(N)ccc2F)CCSC(NC(=O)O)=N1. The van der Waals surface area contributed by atoms with E-state index < -0.39 is 11.6 Å². The quantitative estimate of drug-likeness (QED) is 0.732. The van der Waals surface area contributed by atoms with Crippen LogP contribution in [0.15, 0.2) is 23.2 Å². The number of anilines is 1. The number of hydrogen-bond acceptors (Lipinski definition) is 4. The van der Waals surface area contributed by atoms with Gasteiger partial charge >= 0.3 is 6.09 Å². The van der Waals surface area contributed by atoms with E-state index in [4.69, 9.17) is 10.8 Å². The van der Waals surface area contributed by atoms with Gasteiger partial charge in [0.1, 0.15) is 5.82 Å². The van der Waals surface area contributed by atoms with Gasteiger partial charge in [-0.3, -0.25) is 10.3 Å². The molecule has 1 aliphatic rings. The van der Waals surface area contributed by atoms with Crippen molar-refractivity contribution in [3.05, 3.63) is 29.6 Å². The Morgan fingerprint density at radius 1 is 1.65 bits per heavy atom. The Hall–Kier alpha value is -1.76. The van der Waals surface area contributed by atoms with Crippen molar-refractivity contribution in [2.24, 2.45) is 4.99 Å². The van der Waals surface area contributed by atoms with Crippen molar-refractivity contribution >= 4 is 28.7 Å². The number of nitrogens with one attached hydrogen (secondary N) is 1. The van der Waals surface area contributed by atoms with Crippen LogP contribution in [0, 0.1) is 5.82 Å². The van der Waals surface area contributed by atoms with Gasteiger partial charge in [-0.15, -0.1) is 0 Å². The van der Waals surface area contributed by atoms with E-state index in [0.717, 1.165) is 0 Å². The number of rotatable bonds is 2. The van der Waals surface area contributed by atoms with Crippen molar-refractivity contribution in [2.75, 3.05) is 11.5 Å². The number of halogens is 1. The fourth-order valence-corrected chi connectivity index (χ4v) is 3.33. The minimum Gasteiger partial charge on any atom is -0.465 e. The molecule has 0 radical (unpaired) electrons. The lowest BCUT2D eigenvalue weighted by atomic mass is 9.84. The molecule has 7 heteroatoms. The largest absolute Gasteiger partial charge is 0.465 e. The van der Waals surface area contributed by atoms with Crippen LogP contribution < -0.4 is 11.1 Å². The van der Waals surface area contributed by atoms with Crippen molar-refractivity contribution in [3.63, 3.8) is 0 Å². The Kier molecular flexibility index (Phi) is 4.17. The minimum atomic E-state index is -1.17. The Labute approximate surface area is 120 Å². The van der Waals surface area contributed by atoms with Crippen molar-refractivity contribution in [1.82, 2.24) is 5.32 Å². The summed E-state index contributed by atoms with van der Waals surface area (Å²) in [5.41, 5.74) is 5.86. The number of benzene rings is 1. The van der Waals surface area contributed by atoms with E-state index in [1.165, 1.54) is 23.9 Å². The van der Waals surface area contributed by atoms with E-state index in [2.05, 4.69) is 10.3 Å². The smallest absolute Gasteiger partial charge is 0.410 e. The third kappa shape index (κ3) is 2.87. The molecule has 1 atom stereocenters. The molecular formula is C13H16FN3O2S. The van der Waals surface area contributed by atoms with Gasteiger partial charge in [0.05, 0.1) is 5.54 Å². The summed E-state index contributed by atoms with van der Waals surface area (Å²) in [4.78, 5) is 15.2. The maximum atomic E-state index is 14.1. The molecule has 0 saturated heterocycles. The first-order valence-electron chi connectivity index (χ1n) is 6.25. The molecule has 0 aromatic heterocycles. The zero-order chi connectivity index (χ0) is 14.8. The van der Waals surface area contributed by atoms with Crippen LogP contribution in [0.4, 0.5) is 14.9 Å². The van der Waals surface area contributed by atoms with Gasteiger partial charge in [-0.1, -0.05) is 18.7 Å². The number of hydrogen-bond donors (Lipinski definition) is 3. The van der Waals surface area contributed by atoms with Gasteiger partial charge in [0, 0.05) is 17.0 Å². The first-order chi connectivity index (χ1) is 9.47. The second-order valence-corrected chi connectivity index (χ2v) is 5.65. The number of amidine groups is 1. The van der Waals surface area contributed by atoms with Gasteiger partial charge in [0.2, 0.25) is 0 Å².